The quantitative estimate of drug-likeness (QED) is 0.737. The van der Waals surface area contributed by atoms with E-state index < -0.39 is 9.84 Å². The van der Waals surface area contributed by atoms with Gasteiger partial charge in [0.25, 0.3) is 0 Å². The molecule has 2 saturated heterocycles. The van der Waals surface area contributed by atoms with Crippen molar-refractivity contribution in [1.82, 2.24) is 10.2 Å². The Kier molecular flexibility index (Phi) is 4.10. The molecule has 17 heavy (non-hydrogen) atoms. The molecule has 0 aromatic heterocycles. The van der Waals surface area contributed by atoms with E-state index in [2.05, 4.69) is 17.3 Å². The van der Waals surface area contributed by atoms with Crippen molar-refractivity contribution >= 4 is 9.84 Å². The summed E-state index contributed by atoms with van der Waals surface area (Å²) in [5, 5.41) is 3.52. The Morgan fingerprint density at radius 2 is 1.82 bits per heavy atom. The van der Waals surface area contributed by atoms with Gasteiger partial charge in [0.05, 0.1) is 5.75 Å². The van der Waals surface area contributed by atoms with Crippen LogP contribution in [-0.2, 0) is 9.84 Å². The first-order valence-electron chi connectivity index (χ1n) is 6.59. The molecule has 4 nitrogen and oxygen atoms in total. The fraction of sp³-hybridized carbons (Fsp3) is 1.00. The Hall–Kier alpha value is -0.130. The Labute approximate surface area is 105 Å². The summed E-state index contributed by atoms with van der Waals surface area (Å²) < 4.78 is 22.0. The summed E-state index contributed by atoms with van der Waals surface area (Å²) in [5.41, 5.74) is 0. The molecule has 0 radical (unpaired) electrons. The maximum Gasteiger partial charge on any atom is 0.147 e. The lowest BCUT2D eigenvalue weighted by Gasteiger charge is -2.36. The zero-order chi connectivity index (χ0) is 12.5. The number of sulfone groups is 1. The summed E-state index contributed by atoms with van der Waals surface area (Å²) in [7, 11) is -0.555. The highest BCUT2D eigenvalue weighted by atomic mass is 32.2. The van der Waals surface area contributed by atoms with Crippen LogP contribution in [-0.4, -0.2) is 57.0 Å². The summed E-state index contributed by atoms with van der Waals surface area (Å²) in [5.74, 6) is 0.305. The van der Waals surface area contributed by atoms with E-state index in [1.807, 2.05) is 0 Å². The molecule has 2 unspecified atom stereocenters. The molecule has 2 aliphatic rings. The molecule has 2 aliphatic heterocycles. The third-order valence-corrected chi connectivity index (χ3v) is 5.25. The highest BCUT2D eigenvalue weighted by Crippen LogP contribution is 2.34. The van der Waals surface area contributed by atoms with Gasteiger partial charge >= 0.3 is 0 Å². The van der Waals surface area contributed by atoms with E-state index >= 15 is 0 Å². The molecule has 2 fully saturated rings. The highest BCUT2D eigenvalue weighted by molar-refractivity contribution is 7.90. The van der Waals surface area contributed by atoms with Gasteiger partial charge in [-0.25, -0.2) is 8.42 Å². The lowest BCUT2D eigenvalue weighted by molar-refractivity contribution is 0.149. The zero-order valence-electron chi connectivity index (χ0n) is 10.9. The van der Waals surface area contributed by atoms with Crippen LogP contribution in [0.15, 0.2) is 0 Å². The second kappa shape index (κ2) is 5.24. The number of nitrogens with one attached hydrogen (secondary N) is 1. The van der Waals surface area contributed by atoms with Gasteiger partial charge in [-0.1, -0.05) is 0 Å². The molecule has 2 heterocycles. The summed E-state index contributed by atoms with van der Waals surface area (Å²) in [4.78, 5) is 2.52. The van der Waals surface area contributed by atoms with E-state index in [1.165, 1.54) is 31.9 Å². The minimum absolute atomic E-state index is 0.305. The fourth-order valence-corrected chi connectivity index (χ4v) is 3.89. The maximum atomic E-state index is 11.0. The van der Waals surface area contributed by atoms with E-state index in [0.717, 1.165) is 25.0 Å². The molecular weight excluding hydrogens is 236 g/mol. The second-order valence-electron chi connectivity index (χ2n) is 5.66. The van der Waals surface area contributed by atoms with Crippen molar-refractivity contribution in [2.75, 3.05) is 25.6 Å². The monoisotopic (exact) mass is 260 g/mol. The van der Waals surface area contributed by atoms with Crippen LogP contribution in [0.4, 0.5) is 0 Å². The predicted molar refractivity (Wildman–Crippen MR) is 69.9 cm³/mol. The van der Waals surface area contributed by atoms with Gasteiger partial charge in [0.2, 0.25) is 0 Å². The van der Waals surface area contributed by atoms with Crippen molar-refractivity contribution in [3.8, 4) is 0 Å². The third-order valence-electron chi connectivity index (χ3n) is 4.22. The van der Waals surface area contributed by atoms with Crippen LogP contribution in [0.2, 0.25) is 0 Å². The molecular formula is C12H24N2O2S. The van der Waals surface area contributed by atoms with Crippen LogP contribution in [0, 0.1) is 0 Å². The molecule has 5 heteroatoms. The van der Waals surface area contributed by atoms with Crippen LogP contribution < -0.4 is 5.32 Å². The normalized spacial score (nSPS) is 34.1. The maximum absolute atomic E-state index is 11.0. The lowest BCUT2D eigenvalue weighted by Crippen LogP contribution is -2.47. The SMILES string of the molecule is CN1C2CCC1CC(NCCCS(C)(=O)=O)C2. The minimum atomic E-state index is -2.79. The van der Waals surface area contributed by atoms with Crippen molar-refractivity contribution in [1.29, 1.82) is 0 Å². The number of fused-ring (bicyclic) bond motifs is 2. The Balaban J connectivity index is 1.68. The Morgan fingerprint density at radius 1 is 1.24 bits per heavy atom. The molecule has 100 valence electrons. The lowest BCUT2D eigenvalue weighted by atomic mass is 9.98. The minimum Gasteiger partial charge on any atom is -0.314 e. The first-order chi connectivity index (χ1) is 7.96. The third kappa shape index (κ3) is 3.66. The topological polar surface area (TPSA) is 49.4 Å². The van der Waals surface area contributed by atoms with Gasteiger partial charge < -0.3 is 10.2 Å². The van der Waals surface area contributed by atoms with Gasteiger partial charge in [-0.2, -0.15) is 0 Å². The summed E-state index contributed by atoms with van der Waals surface area (Å²) >= 11 is 0. The van der Waals surface area contributed by atoms with E-state index in [4.69, 9.17) is 0 Å². The summed E-state index contributed by atoms with van der Waals surface area (Å²) in [6, 6.07) is 2.10. The molecule has 0 spiro atoms. The number of hydrogen-bond acceptors (Lipinski definition) is 4. The van der Waals surface area contributed by atoms with E-state index in [1.54, 1.807) is 0 Å². The van der Waals surface area contributed by atoms with Crippen LogP contribution in [0.3, 0.4) is 0 Å². The number of hydrogen-bond donors (Lipinski definition) is 1. The van der Waals surface area contributed by atoms with Crippen LogP contribution >= 0.6 is 0 Å². The molecule has 1 N–H and O–H groups in total. The number of piperidine rings is 1. The van der Waals surface area contributed by atoms with E-state index in [0.29, 0.717) is 11.8 Å². The van der Waals surface area contributed by atoms with Gasteiger partial charge in [0.1, 0.15) is 9.84 Å². The predicted octanol–water partition coefficient (Wildman–Crippen LogP) is 0.636. The van der Waals surface area contributed by atoms with Crippen LogP contribution in [0.1, 0.15) is 32.1 Å². The van der Waals surface area contributed by atoms with Crippen molar-refractivity contribution in [3.05, 3.63) is 0 Å². The molecule has 0 aromatic carbocycles. The molecule has 2 bridgehead atoms. The Morgan fingerprint density at radius 3 is 2.35 bits per heavy atom. The fourth-order valence-electron chi connectivity index (χ4n) is 3.22. The molecule has 0 saturated carbocycles. The van der Waals surface area contributed by atoms with Gasteiger partial charge in [-0.05, 0) is 45.7 Å². The van der Waals surface area contributed by atoms with Crippen LogP contribution in [0.5, 0.6) is 0 Å². The van der Waals surface area contributed by atoms with Crippen molar-refractivity contribution in [3.63, 3.8) is 0 Å². The largest absolute Gasteiger partial charge is 0.314 e. The van der Waals surface area contributed by atoms with Gasteiger partial charge in [-0.15, -0.1) is 0 Å². The molecule has 2 rings (SSSR count). The standard InChI is InChI=1S/C12H24N2O2S/c1-14-11-4-5-12(14)9-10(8-11)13-6-3-7-17(2,15)16/h10-13H,3-9H2,1-2H3. The molecule has 0 amide bonds. The Bertz CT molecular complexity index is 342. The number of nitrogens with zero attached hydrogens (tertiary/aromatic N) is 1. The highest BCUT2D eigenvalue weighted by Gasteiger charge is 2.37. The summed E-state index contributed by atoms with van der Waals surface area (Å²) in [6.45, 7) is 0.834. The first kappa shape index (κ1) is 13.3. The molecule has 0 aliphatic carbocycles. The van der Waals surface area contributed by atoms with E-state index in [-0.39, 0.29) is 0 Å². The zero-order valence-corrected chi connectivity index (χ0v) is 11.7. The smallest absolute Gasteiger partial charge is 0.147 e. The van der Waals surface area contributed by atoms with Crippen molar-refractivity contribution in [2.45, 2.75) is 50.2 Å². The average Bonchev–Trinajstić information content (AvgIpc) is 2.49. The van der Waals surface area contributed by atoms with Crippen LogP contribution in [0.25, 0.3) is 0 Å². The molecule has 0 aromatic rings. The van der Waals surface area contributed by atoms with Gasteiger partial charge in [0.15, 0.2) is 0 Å². The van der Waals surface area contributed by atoms with E-state index in [9.17, 15) is 8.42 Å². The first-order valence-corrected chi connectivity index (χ1v) is 8.65. The van der Waals surface area contributed by atoms with Crippen molar-refractivity contribution < 1.29 is 8.42 Å². The molecule has 2 atom stereocenters. The summed E-state index contributed by atoms with van der Waals surface area (Å²) in [6.07, 6.45) is 7.17. The second-order valence-corrected chi connectivity index (χ2v) is 7.92. The van der Waals surface area contributed by atoms with Gasteiger partial charge in [-0.3, -0.25) is 0 Å². The van der Waals surface area contributed by atoms with Gasteiger partial charge in [0, 0.05) is 24.4 Å². The van der Waals surface area contributed by atoms with Crippen molar-refractivity contribution in [2.24, 2.45) is 0 Å². The number of rotatable bonds is 5. The average molecular weight is 260 g/mol.